The molecule has 108 valence electrons. The Hall–Kier alpha value is -1.61. The third-order valence-electron chi connectivity index (χ3n) is 2.98. The molecule has 0 aliphatic carbocycles. The van der Waals surface area contributed by atoms with E-state index in [0.717, 1.165) is 17.2 Å². The van der Waals surface area contributed by atoms with E-state index in [-0.39, 0.29) is 5.56 Å². The van der Waals surface area contributed by atoms with E-state index in [1.54, 1.807) is 12.1 Å². The molecule has 1 aromatic rings. The monoisotopic (exact) mass is 290 g/mol. The first-order valence-corrected chi connectivity index (χ1v) is 10.3. The summed E-state index contributed by atoms with van der Waals surface area (Å²) in [6, 6.07) is 7.29. The Morgan fingerprint density at radius 3 is 2.25 bits per heavy atom. The number of carboxylic acids is 1. The maximum Gasteiger partial charge on any atom is 0.335 e. The molecule has 0 bridgehead atoms. The van der Waals surface area contributed by atoms with Crippen LogP contribution in [0.5, 0.6) is 0 Å². The number of aromatic carboxylic acids is 1. The maximum absolute atomic E-state index is 10.8. The zero-order valence-electron chi connectivity index (χ0n) is 12.3. The summed E-state index contributed by atoms with van der Waals surface area (Å²) in [6.45, 7) is 10.5. The Kier molecular flexibility index (Phi) is 5.51. The number of carbonyl (C=O) groups is 1. The zero-order valence-corrected chi connectivity index (χ0v) is 13.3. The van der Waals surface area contributed by atoms with Crippen molar-refractivity contribution in [2.75, 3.05) is 0 Å². The summed E-state index contributed by atoms with van der Waals surface area (Å²) in [5, 5.41) is 19.1. The van der Waals surface area contributed by atoms with Crippen molar-refractivity contribution in [1.29, 1.82) is 0 Å². The Labute approximate surface area is 121 Å². The van der Waals surface area contributed by atoms with Gasteiger partial charge in [-0.25, -0.2) is 4.79 Å². The fourth-order valence-electron chi connectivity index (χ4n) is 2.05. The number of hydrogen-bond acceptors (Lipinski definition) is 2. The second-order valence-corrected chi connectivity index (χ2v) is 11.6. The van der Waals surface area contributed by atoms with E-state index < -0.39 is 20.1 Å². The van der Waals surface area contributed by atoms with E-state index in [1.807, 2.05) is 0 Å². The van der Waals surface area contributed by atoms with Crippen LogP contribution in [0, 0.1) is 0 Å². The van der Waals surface area contributed by atoms with Gasteiger partial charge in [0.25, 0.3) is 0 Å². The van der Waals surface area contributed by atoms with Gasteiger partial charge in [0.15, 0.2) is 0 Å². The van der Waals surface area contributed by atoms with Gasteiger partial charge >= 0.3 is 5.97 Å². The highest BCUT2D eigenvalue weighted by atomic mass is 28.3. The lowest BCUT2D eigenvalue weighted by atomic mass is 10.0. The molecule has 0 amide bonds. The van der Waals surface area contributed by atoms with Crippen LogP contribution in [0.4, 0.5) is 0 Å². The van der Waals surface area contributed by atoms with E-state index in [0.29, 0.717) is 6.42 Å². The zero-order chi connectivity index (χ0) is 15.3. The van der Waals surface area contributed by atoms with Crippen molar-refractivity contribution in [1.82, 2.24) is 0 Å². The SMILES string of the molecule is C=C=C(CC(O)c1ccc(C(=O)O)cc1)C[Si](C)(C)C. The third-order valence-corrected chi connectivity index (χ3v) is 4.46. The number of benzene rings is 1. The molecule has 0 fully saturated rings. The van der Waals surface area contributed by atoms with Gasteiger partial charge < -0.3 is 10.2 Å². The Morgan fingerprint density at radius 1 is 1.30 bits per heavy atom. The van der Waals surface area contributed by atoms with E-state index in [2.05, 4.69) is 32.0 Å². The number of rotatable bonds is 6. The van der Waals surface area contributed by atoms with Crippen molar-refractivity contribution in [3.63, 3.8) is 0 Å². The first kappa shape index (κ1) is 16.4. The molecule has 0 aromatic heterocycles. The lowest BCUT2D eigenvalue weighted by Crippen LogP contribution is -2.20. The van der Waals surface area contributed by atoms with Gasteiger partial charge in [-0.1, -0.05) is 38.4 Å². The highest BCUT2D eigenvalue weighted by molar-refractivity contribution is 6.76. The molecule has 1 atom stereocenters. The molecule has 0 saturated heterocycles. The summed E-state index contributed by atoms with van der Waals surface area (Å²) in [7, 11) is -1.26. The van der Waals surface area contributed by atoms with Gasteiger partial charge in [-0.3, -0.25) is 0 Å². The molecule has 0 heterocycles. The Morgan fingerprint density at radius 2 is 1.85 bits per heavy atom. The lowest BCUT2D eigenvalue weighted by molar-refractivity contribution is 0.0696. The van der Waals surface area contributed by atoms with Gasteiger partial charge in [-0.15, -0.1) is 5.73 Å². The number of aliphatic hydroxyl groups is 1. The normalized spacial score (nSPS) is 12.6. The van der Waals surface area contributed by atoms with Gasteiger partial charge in [0.2, 0.25) is 0 Å². The molecular formula is C16H22O3Si. The molecule has 0 saturated carbocycles. The largest absolute Gasteiger partial charge is 0.478 e. The molecule has 2 N–H and O–H groups in total. The number of carboxylic acid groups (broad SMARTS) is 1. The van der Waals surface area contributed by atoms with Crippen LogP contribution >= 0.6 is 0 Å². The fourth-order valence-corrected chi connectivity index (χ4v) is 3.60. The van der Waals surface area contributed by atoms with Crippen LogP contribution < -0.4 is 0 Å². The van der Waals surface area contributed by atoms with Crippen molar-refractivity contribution in [2.24, 2.45) is 0 Å². The van der Waals surface area contributed by atoms with Crippen LogP contribution in [-0.2, 0) is 0 Å². The summed E-state index contributed by atoms with van der Waals surface area (Å²) in [6.07, 6.45) is -0.140. The van der Waals surface area contributed by atoms with Crippen LogP contribution in [0.15, 0.2) is 42.1 Å². The highest BCUT2D eigenvalue weighted by Crippen LogP contribution is 2.26. The number of hydrogen-bond donors (Lipinski definition) is 2. The first-order chi connectivity index (χ1) is 9.23. The summed E-state index contributed by atoms with van der Waals surface area (Å²) in [5.74, 6) is -0.962. The fraction of sp³-hybridized carbons (Fsp3) is 0.375. The topological polar surface area (TPSA) is 57.5 Å². The molecule has 1 unspecified atom stereocenters. The molecule has 0 spiro atoms. The quantitative estimate of drug-likeness (QED) is 0.618. The van der Waals surface area contributed by atoms with Crippen LogP contribution in [0.2, 0.25) is 25.7 Å². The molecule has 0 aliphatic rings. The Balaban J connectivity index is 2.77. The minimum atomic E-state index is -1.26. The lowest BCUT2D eigenvalue weighted by Gasteiger charge is -2.19. The van der Waals surface area contributed by atoms with E-state index in [1.165, 1.54) is 12.1 Å². The molecule has 1 rings (SSSR count). The predicted octanol–water partition coefficient (Wildman–Crippen LogP) is 3.86. The van der Waals surface area contributed by atoms with E-state index in [9.17, 15) is 9.90 Å². The van der Waals surface area contributed by atoms with Crippen molar-refractivity contribution < 1.29 is 15.0 Å². The van der Waals surface area contributed by atoms with Gasteiger partial charge in [-0.05, 0) is 29.3 Å². The third kappa shape index (κ3) is 5.17. The molecule has 3 nitrogen and oxygen atoms in total. The minimum Gasteiger partial charge on any atom is -0.478 e. The van der Waals surface area contributed by atoms with Crippen LogP contribution in [0.1, 0.15) is 28.4 Å². The predicted molar refractivity (Wildman–Crippen MR) is 83.8 cm³/mol. The Bertz CT molecular complexity index is 520. The molecule has 0 aliphatic heterocycles. The van der Waals surface area contributed by atoms with Gasteiger partial charge in [0.05, 0.1) is 11.7 Å². The smallest absolute Gasteiger partial charge is 0.335 e. The van der Waals surface area contributed by atoms with Gasteiger partial charge in [0.1, 0.15) is 0 Å². The van der Waals surface area contributed by atoms with Gasteiger partial charge in [0, 0.05) is 14.5 Å². The van der Waals surface area contributed by atoms with Crippen molar-refractivity contribution in [3.8, 4) is 0 Å². The van der Waals surface area contributed by atoms with Crippen molar-refractivity contribution in [3.05, 3.63) is 53.3 Å². The minimum absolute atomic E-state index is 0.225. The van der Waals surface area contributed by atoms with Crippen molar-refractivity contribution in [2.45, 2.75) is 38.2 Å². The molecule has 0 radical (unpaired) electrons. The maximum atomic E-state index is 10.8. The van der Waals surface area contributed by atoms with E-state index in [4.69, 9.17) is 5.11 Å². The van der Waals surface area contributed by atoms with Gasteiger partial charge in [-0.2, -0.15) is 0 Å². The summed E-state index contributed by atoms with van der Waals surface area (Å²) < 4.78 is 0. The van der Waals surface area contributed by atoms with E-state index >= 15 is 0 Å². The first-order valence-electron chi connectivity index (χ1n) is 6.62. The van der Waals surface area contributed by atoms with Crippen molar-refractivity contribution >= 4 is 14.0 Å². The second kappa shape index (κ2) is 6.71. The molecule has 1 aromatic carbocycles. The van der Waals surface area contributed by atoms with Crippen LogP contribution in [0.25, 0.3) is 0 Å². The summed E-state index contributed by atoms with van der Waals surface area (Å²) in [5.41, 5.74) is 4.92. The molecule has 4 heteroatoms. The average molecular weight is 290 g/mol. The average Bonchev–Trinajstić information content (AvgIpc) is 2.36. The molecular weight excluding hydrogens is 268 g/mol. The standard InChI is InChI=1S/C16H22O3Si/c1-5-12(11-20(2,3)4)10-15(17)13-6-8-14(9-7-13)16(18)19/h6-9,15,17H,1,10-11H2,2-4H3,(H,18,19). The van der Waals surface area contributed by atoms with Crippen LogP contribution in [0.3, 0.4) is 0 Å². The summed E-state index contributed by atoms with van der Waals surface area (Å²) in [4.78, 5) is 10.8. The highest BCUT2D eigenvalue weighted by Gasteiger charge is 2.18. The van der Waals surface area contributed by atoms with Crippen LogP contribution in [-0.4, -0.2) is 24.3 Å². The molecule has 20 heavy (non-hydrogen) atoms. The summed E-state index contributed by atoms with van der Waals surface area (Å²) >= 11 is 0. The number of aliphatic hydroxyl groups excluding tert-OH is 1. The second-order valence-electron chi connectivity index (χ2n) is 6.16.